The van der Waals surface area contributed by atoms with Gasteiger partial charge in [-0.1, -0.05) is 20.8 Å². The third-order valence-electron chi connectivity index (χ3n) is 4.67. The Kier molecular flexibility index (Phi) is 5.47. The highest BCUT2D eigenvalue weighted by atomic mass is 32.1. The van der Waals surface area contributed by atoms with Gasteiger partial charge in [-0.3, -0.25) is 4.90 Å². The fraction of sp³-hybridized carbons (Fsp3) is 0.765. The van der Waals surface area contributed by atoms with Crippen molar-refractivity contribution in [2.75, 3.05) is 33.7 Å². The Hall–Kier alpha value is -0.420. The molecule has 2 heterocycles. The zero-order valence-electron chi connectivity index (χ0n) is 14.2. The number of likely N-dealkylation sites (tertiary alicyclic amines) is 1. The van der Waals surface area contributed by atoms with Crippen LogP contribution in [0.2, 0.25) is 0 Å². The minimum absolute atomic E-state index is 0.230. The van der Waals surface area contributed by atoms with Crippen molar-refractivity contribution in [3.05, 3.63) is 21.9 Å². The number of likely N-dealkylation sites (N-methyl/N-ethyl adjacent to an activating group) is 1. The highest BCUT2D eigenvalue weighted by Gasteiger charge is 2.28. The normalized spacial score (nSPS) is 20.1. The van der Waals surface area contributed by atoms with Gasteiger partial charge in [-0.05, 0) is 57.6 Å². The first kappa shape index (κ1) is 16.9. The van der Waals surface area contributed by atoms with Crippen LogP contribution in [-0.4, -0.2) is 49.6 Å². The van der Waals surface area contributed by atoms with Crippen LogP contribution < -0.4 is 5.73 Å². The standard InChI is InChI=1S/C17H31N3S/c1-17(2,3)16-7-6-15(21-16)14(12-18)20(5)13-8-10-19(4)11-9-13/h6-7,13-14H,8-12,18H2,1-5H3. The maximum Gasteiger partial charge on any atom is 0.0564 e. The van der Waals surface area contributed by atoms with E-state index in [1.807, 2.05) is 11.3 Å². The molecular weight excluding hydrogens is 278 g/mol. The van der Waals surface area contributed by atoms with Gasteiger partial charge in [0.1, 0.15) is 0 Å². The zero-order valence-corrected chi connectivity index (χ0v) is 15.0. The molecular formula is C17H31N3S. The summed E-state index contributed by atoms with van der Waals surface area (Å²) in [5.41, 5.74) is 6.34. The van der Waals surface area contributed by atoms with Crippen LogP contribution in [0.1, 0.15) is 49.4 Å². The van der Waals surface area contributed by atoms with Gasteiger partial charge in [0, 0.05) is 22.3 Å². The van der Waals surface area contributed by atoms with Gasteiger partial charge in [-0.25, -0.2) is 0 Å². The van der Waals surface area contributed by atoms with E-state index in [-0.39, 0.29) is 5.41 Å². The summed E-state index contributed by atoms with van der Waals surface area (Å²) in [6, 6.07) is 5.59. The van der Waals surface area contributed by atoms with Gasteiger partial charge < -0.3 is 10.6 Å². The molecule has 120 valence electrons. The van der Waals surface area contributed by atoms with E-state index in [2.05, 4.69) is 56.8 Å². The summed E-state index contributed by atoms with van der Waals surface area (Å²) in [7, 11) is 4.47. The number of thiophene rings is 1. The monoisotopic (exact) mass is 309 g/mol. The van der Waals surface area contributed by atoms with Crippen molar-refractivity contribution in [3.63, 3.8) is 0 Å². The molecule has 2 N–H and O–H groups in total. The molecule has 0 saturated carbocycles. The van der Waals surface area contributed by atoms with Crippen molar-refractivity contribution in [1.29, 1.82) is 0 Å². The van der Waals surface area contributed by atoms with Crippen molar-refractivity contribution in [2.45, 2.75) is 51.1 Å². The highest BCUT2D eigenvalue weighted by Crippen LogP contribution is 2.35. The SMILES string of the molecule is CN1CCC(N(C)C(CN)c2ccc(C(C)(C)C)s2)CC1. The van der Waals surface area contributed by atoms with Gasteiger partial charge >= 0.3 is 0 Å². The third kappa shape index (κ3) is 4.07. The maximum absolute atomic E-state index is 6.11. The second-order valence-corrected chi connectivity index (χ2v) is 8.52. The summed E-state index contributed by atoms with van der Waals surface area (Å²) in [4.78, 5) is 7.81. The van der Waals surface area contributed by atoms with Crippen LogP contribution in [0.4, 0.5) is 0 Å². The molecule has 3 nitrogen and oxygen atoms in total. The lowest BCUT2D eigenvalue weighted by atomic mass is 9.95. The number of piperidine rings is 1. The topological polar surface area (TPSA) is 32.5 Å². The molecule has 1 saturated heterocycles. The van der Waals surface area contributed by atoms with Crippen molar-refractivity contribution >= 4 is 11.3 Å². The van der Waals surface area contributed by atoms with Gasteiger partial charge in [0.15, 0.2) is 0 Å². The molecule has 1 aliphatic heterocycles. The van der Waals surface area contributed by atoms with Crippen LogP contribution in [0.3, 0.4) is 0 Å². The molecule has 2 rings (SSSR count). The Bertz CT molecular complexity index is 441. The van der Waals surface area contributed by atoms with Gasteiger partial charge in [-0.15, -0.1) is 11.3 Å². The van der Waals surface area contributed by atoms with Gasteiger partial charge in [0.25, 0.3) is 0 Å². The Morgan fingerprint density at radius 3 is 2.43 bits per heavy atom. The summed E-state index contributed by atoms with van der Waals surface area (Å²) < 4.78 is 0. The average molecular weight is 310 g/mol. The molecule has 0 amide bonds. The predicted molar refractivity (Wildman–Crippen MR) is 93.1 cm³/mol. The summed E-state index contributed by atoms with van der Waals surface area (Å²) >= 11 is 1.93. The van der Waals surface area contributed by atoms with Crippen LogP contribution >= 0.6 is 11.3 Å². The van der Waals surface area contributed by atoms with E-state index in [1.54, 1.807) is 0 Å². The van der Waals surface area contributed by atoms with Gasteiger partial charge in [-0.2, -0.15) is 0 Å². The smallest absolute Gasteiger partial charge is 0.0564 e. The highest BCUT2D eigenvalue weighted by molar-refractivity contribution is 7.12. The molecule has 4 heteroatoms. The van der Waals surface area contributed by atoms with Crippen LogP contribution in [-0.2, 0) is 5.41 Å². The van der Waals surface area contributed by atoms with E-state index in [0.29, 0.717) is 18.6 Å². The quantitative estimate of drug-likeness (QED) is 0.928. The molecule has 1 aromatic rings. The molecule has 0 radical (unpaired) electrons. The minimum Gasteiger partial charge on any atom is -0.329 e. The molecule has 1 aliphatic rings. The van der Waals surface area contributed by atoms with E-state index < -0.39 is 0 Å². The summed E-state index contributed by atoms with van der Waals surface area (Å²) in [6.45, 7) is 9.93. The lowest BCUT2D eigenvalue weighted by Gasteiger charge is -2.38. The minimum atomic E-state index is 0.230. The molecule has 0 bridgehead atoms. The van der Waals surface area contributed by atoms with Gasteiger partial charge in [0.05, 0.1) is 6.04 Å². The van der Waals surface area contributed by atoms with E-state index in [4.69, 9.17) is 5.73 Å². The van der Waals surface area contributed by atoms with Crippen molar-refractivity contribution in [3.8, 4) is 0 Å². The summed E-state index contributed by atoms with van der Waals surface area (Å²) in [5.74, 6) is 0. The maximum atomic E-state index is 6.11. The Morgan fingerprint density at radius 2 is 1.95 bits per heavy atom. The molecule has 1 unspecified atom stereocenters. The molecule has 0 aromatic carbocycles. The van der Waals surface area contributed by atoms with E-state index >= 15 is 0 Å². The molecule has 0 spiro atoms. The van der Waals surface area contributed by atoms with E-state index in [0.717, 1.165) is 0 Å². The Morgan fingerprint density at radius 1 is 1.33 bits per heavy atom. The fourth-order valence-corrected chi connectivity index (χ4v) is 4.31. The third-order valence-corrected chi connectivity index (χ3v) is 6.29. The summed E-state index contributed by atoms with van der Waals surface area (Å²) in [6.07, 6.45) is 2.50. The second-order valence-electron chi connectivity index (χ2n) is 7.40. The second kappa shape index (κ2) is 6.78. The van der Waals surface area contributed by atoms with E-state index in [9.17, 15) is 0 Å². The molecule has 1 atom stereocenters. The summed E-state index contributed by atoms with van der Waals surface area (Å²) in [5, 5.41) is 0. The zero-order chi connectivity index (χ0) is 15.6. The van der Waals surface area contributed by atoms with Crippen LogP contribution in [0.15, 0.2) is 12.1 Å². The van der Waals surface area contributed by atoms with Crippen LogP contribution in [0.5, 0.6) is 0 Å². The molecule has 1 fully saturated rings. The van der Waals surface area contributed by atoms with Crippen LogP contribution in [0.25, 0.3) is 0 Å². The number of nitrogens with zero attached hydrogens (tertiary/aromatic N) is 2. The average Bonchev–Trinajstić information content (AvgIpc) is 2.90. The van der Waals surface area contributed by atoms with Crippen molar-refractivity contribution < 1.29 is 0 Å². The van der Waals surface area contributed by atoms with Crippen molar-refractivity contribution in [2.24, 2.45) is 5.73 Å². The molecule has 0 aliphatic carbocycles. The fourth-order valence-electron chi connectivity index (χ4n) is 3.07. The first-order valence-corrected chi connectivity index (χ1v) is 8.85. The van der Waals surface area contributed by atoms with Crippen molar-refractivity contribution in [1.82, 2.24) is 9.80 Å². The van der Waals surface area contributed by atoms with E-state index in [1.165, 1.54) is 35.7 Å². The number of hydrogen-bond donors (Lipinski definition) is 1. The molecule has 1 aromatic heterocycles. The first-order chi connectivity index (χ1) is 9.82. The largest absolute Gasteiger partial charge is 0.329 e. The first-order valence-electron chi connectivity index (χ1n) is 8.03. The Balaban J connectivity index is 2.10. The Labute approximate surface area is 134 Å². The number of rotatable bonds is 4. The number of nitrogens with two attached hydrogens (primary N) is 1. The van der Waals surface area contributed by atoms with Gasteiger partial charge in [0.2, 0.25) is 0 Å². The lowest BCUT2D eigenvalue weighted by Crippen LogP contribution is -2.44. The lowest BCUT2D eigenvalue weighted by molar-refractivity contribution is 0.111. The predicted octanol–water partition coefficient (Wildman–Crippen LogP) is 3.07. The number of hydrogen-bond acceptors (Lipinski definition) is 4. The molecule has 21 heavy (non-hydrogen) atoms. The van der Waals surface area contributed by atoms with Crippen LogP contribution in [0, 0.1) is 0 Å².